The Morgan fingerprint density at radius 3 is 0.823 bits per heavy atom. The van der Waals surface area contributed by atoms with E-state index < -0.39 is 41.8 Å². The van der Waals surface area contributed by atoms with Crippen LogP contribution >= 0.6 is 0 Å². The second-order valence-corrected chi connectivity index (χ2v) is 20.9. The largest absolute Gasteiger partial charge is 0.478 e. The highest BCUT2D eigenvalue weighted by Gasteiger charge is 2.08. The summed E-state index contributed by atoms with van der Waals surface area (Å²) in [6, 6.07) is 47.2. The molecule has 0 aliphatic carbocycles. The Kier molecular flexibility index (Phi) is 44.6. The van der Waals surface area contributed by atoms with E-state index in [9.17, 15) is 33.6 Å². The van der Waals surface area contributed by atoms with Crippen LogP contribution in [-0.2, 0) is 79.4 Å². The van der Waals surface area contributed by atoms with E-state index in [1.54, 1.807) is 152 Å². The SMILES string of the molecule is C=CCOCc1cccc(C(=O)O)c1.CC(C)OCc1ccc(C(=O)O)cc1.CC(C)OCc1cccc(C(=O)O)c1.CCCOCc1ccc(C(=O)O)cc1.CCCOCc1cccc(C(=O)O)c1.CCOCc1ccc(C(=O)O)cc1.CCOCc1cccc(C(=O)O)c1. The highest BCUT2D eigenvalue weighted by atomic mass is 16.5. The monoisotopic (exact) mass is 1330 g/mol. The van der Waals surface area contributed by atoms with Crippen molar-refractivity contribution in [2.24, 2.45) is 0 Å². The van der Waals surface area contributed by atoms with Gasteiger partial charge in [-0.1, -0.05) is 105 Å². The molecule has 0 heterocycles. The molecule has 0 amide bonds. The molecule has 518 valence electrons. The molecule has 0 aromatic heterocycles. The molecule has 21 nitrogen and oxygen atoms in total. The van der Waals surface area contributed by atoms with Gasteiger partial charge in [-0.2, -0.15) is 0 Å². The molecular formula is C75H92O21. The maximum atomic E-state index is 10.7. The Bertz CT molecular complexity index is 3380. The Balaban J connectivity index is 0.000000560. The van der Waals surface area contributed by atoms with Crippen LogP contribution in [0.15, 0.2) is 183 Å². The molecule has 0 saturated heterocycles. The summed E-state index contributed by atoms with van der Waals surface area (Å²) in [6.45, 7) is 25.9. The molecule has 0 fully saturated rings. The van der Waals surface area contributed by atoms with E-state index in [2.05, 4.69) is 6.58 Å². The first kappa shape index (κ1) is 84.3. The van der Waals surface area contributed by atoms with Crippen LogP contribution in [0.2, 0.25) is 0 Å². The average molecular weight is 1330 g/mol. The van der Waals surface area contributed by atoms with Crippen molar-refractivity contribution in [3.63, 3.8) is 0 Å². The molecule has 7 aromatic rings. The van der Waals surface area contributed by atoms with Crippen molar-refractivity contribution in [3.05, 3.63) is 260 Å². The van der Waals surface area contributed by atoms with Gasteiger partial charge in [0, 0.05) is 26.4 Å². The van der Waals surface area contributed by atoms with Crippen LogP contribution in [0.3, 0.4) is 0 Å². The second-order valence-electron chi connectivity index (χ2n) is 20.9. The van der Waals surface area contributed by atoms with Gasteiger partial charge in [-0.3, -0.25) is 0 Å². The highest BCUT2D eigenvalue weighted by molar-refractivity contribution is 5.90. The predicted molar refractivity (Wildman–Crippen MR) is 364 cm³/mol. The lowest BCUT2D eigenvalue weighted by Gasteiger charge is -2.07. The zero-order valence-corrected chi connectivity index (χ0v) is 55.9. The van der Waals surface area contributed by atoms with Crippen LogP contribution in [0.25, 0.3) is 0 Å². The molecule has 0 unspecified atom stereocenters. The standard InChI is InChI=1S/4C11H14O3.C11H12O3.2C10H12O3/c1-8(2)14-7-9-3-5-10(6-4-9)11(12)13;1-8(2)14-7-9-4-3-5-10(6-9)11(12)13;1-2-7-14-8-9-3-5-10(6-4-9)11(12)13;2*1-2-6-14-8-9-4-3-5-10(7-9)11(12)13;1-2-13-7-8-3-5-9(6-4-8)10(11)12;1-2-13-7-8-4-3-5-9(6-8)10(11)12/h2*3-6,8H,7H2,1-2H3,(H,12,13);3-6H,2,7-8H2,1H3,(H,12,13);3-5,7H,2,6,8H2,1H3,(H,12,13);2-5,7H,1,6,8H2,(H,12,13);2*3-6H,2,7H2,1H3,(H,11,12). The van der Waals surface area contributed by atoms with Crippen molar-refractivity contribution < 1.29 is 102 Å². The van der Waals surface area contributed by atoms with Crippen LogP contribution < -0.4 is 0 Å². The van der Waals surface area contributed by atoms with Crippen molar-refractivity contribution in [3.8, 4) is 0 Å². The number of hydrogen-bond donors (Lipinski definition) is 7. The molecule has 7 rings (SSSR count). The maximum Gasteiger partial charge on any atom is 0.335 e. The third-order valence-electron chi connectivity index (χ3n) is 12.1. The minimum Gasteiger partial charge on any atom is -0.478 e. The van der Waals surface area contributed by atoms with Crippen molar-refractivity contribution in [2.45, 2.75) is 127 Å². The lowest BCUT2D eigenvalue weighted by molar-refractivity contribution is 0.0649. The summed E-state index contributed by atoms with van der Waals surface area (Å²) in [6.07, 6.45) is 3.96. The number of rotatable bonds is 31. The summed E-state index contributed by atoms with van der Waals surface area (Å²) in [5.74, 6) is -6.33. The van der Waals surface area contributed by atoms with Gasteiger partial charge in [0.2, 0.25) is 0 Å². The van der Waals surface area contributed by atoms with E-state index in [1.807, 2.05) is 79.7 Å². The number of hydrogen-bond acceptors (Lipinski definition) is 14. The molecule has 0 saturated carbocycles. The van der Waals surface area contributed by atoms with E-state index in [0.29, 0.717) is 106 Å². The van der Waals surface area contributed by atoms with Crippen LogP contribution in [0, 0.1) is 0 Å². The zero-order valence-electron chi connectivity index (χ0n) is 55.9. The fourth-order valence-electron chi connectivity index (χ4n) is 7.30. The molecule has 96 heavy (non-hydrogen) atoms. The molecule has 0 spiro atoms. The Morgan fingerprint density at radius 2 is 0.562 bits per heavy atom. The minimum absolute atomic E-state index is 0.156. The first-order chi connectivity index (χ1) is 45.9. The van der Waals surface area contributed by atoms with Gasteiger partial charge in [0.1, 0.15) is 0 Å². The van der Waals surface area contributed by atoms with Crippen LogP contribution in [0.4, 0.5) is 0 Å². The van der Waals surface area contributed by atoms with Gasteiger partial charge in [0.25, 0.3) is 0 Å². The van der Waals surface area contributed by atoms with Gasteiger partial charge in [-0.15, -0.1) is 6.58 Å². The molecular weight excluding hydrogens is 1240 g/mol. The van der Waals surface area contributed by atoms with Gasteiger partial charge in [-0.05, 0) is 178 Å². The van der Waals surface area contributed by atoms with Crippen molar-refractivity contribution in [1.82, 2.24) is 0 Å². The second kappa shape index (κ2) is 50.7. The summed E-state index contributed by atoms with van der Waals surface area (Å²) in [5.41, 5.74) is 8.63. The number of carboxylic acid groups (broad SMARTS) is 7. The fraction of sp³-hybridized carbons (Fsp3) is 0.320. The van der Waals surface area contributed by atoms with Gasteiger partial charge in [0.15, 0.2) is 0 Å². The van der Waals surface area contributed by atoms with E-state index in [0.717, 1.165) is 58.4 Å². The minimum atomic E-state index is -0.921. The maximum absolute atomic E-state index is 10.7. The summed E-state index contributed by atoms with van der Waals surface area (Å²) in [5, 5.41) is 60.8. The number of benzene rings is 7. The molecule has 0 aliphatic rings. The lowest BCUT2D eigenvalue weighted by Crippen LogP contribution is -2.03. The summed E-state index contributed by atoms with van der Waals surface area (Å²) >= 11 is 0. The van der Waals surface area contributed by atoms with E-state index >= 15 is 0 Å². The number of ether oxygens (including phenoxy) is 7. The molecule has 7 aromatic carbocycles. The molecule has 7 N–H and O–H groups in total. The number of carbonyl (C=O) groups is 7. The van der Waals surface area contributed by atoms with E-state index in [4.69, 9.17) is 68.9 Å². The van der Waals surface area contributed by atoms with Crippen molar-refractivity contribution in [1.29, 1.82) is 0 Å². The van der Waals surface area contributed by atoms with Gasteiger partial charge in [-0.25, -0.2) is 33.6 Å². The van der Waals surface area contributed by atoms with Gasteiger partial charge >= 0.3 is 41.8 Å². The lowest BCUT2D eigenvalue weighted by atomic mass is 10.1. The van der Waals surface area contributed by atoms with E-state index in [1.165, 1.54) is 0 Å². The normalized spacial score (nSPS) is 10.1. The van der Waals surface area contributed by atoms with Gasteiger partial charge < -0.3 is 68.9 Å². The van der Waals surface area contributed by atoms with Gasteiger partial charge in [0.05, 0.1) is 104 Å². The summed E-state index contributed by atoms with van der Waals surface area (Å²) < 4.78 is 36.9. The number of aromatic carboxylic acids is 7. The summed E-state index contributed by atoms with van der Waals surface area (Å²) in [4.78, 5) is 74.1. The van der Waals surface area contributed by atoms with Crippen molar-refractivity contribution >= 4 is 41.8 Å². The van der Waals surface area contributed by atoms with Crippen LogP contribution in [0.1, 0.15) is 180 Å². The quantitative estimate of drug-likeness (QED) is 0.0157. The number of carboxylic acids is 7. The van der Waals surface area contributed by atoms with E-state index in [-0.39, 0.29) is 17.8 Å². The predicted octanol–water partition coefficient (Wildman–Crippen LogP) is 15.2. The third-order valence-corrected chi connectivity index (χ3v) is 12.1. The Hall–Kier alpha value is -9.71. The Labute approximate surface area is 562 Å². The first-order valence-corrected chi connectivity index (χ1v) is 30.9. The van der Waals surface area contributed by atoms with Crippen LogP contribution in [0.5, 0.6) is 0 Å². The third kappa shape index (κ3) is 39.7. The summed E-state index contributed by atoms with van der Waals surface area (Å²) in [7, 11) is 0. The zero-order chi connectivity index (χ0) is 71.6. The Morgan fingerprint density at radius 1 is 0.323 bits per heavy atom. The molecule has 0 atom stereocenters. The first-order valence-electron chi connectivity index (χ1n) is 30.9. The average Bonchev–Trinajstić information content (AvgIpc) is 2.46. The highest BCUT2D eigenvalue weighted by Crippen LogP contribution is 2.13. The topological polar surface area (TPSA) is 326 Å². The molecule has 0 bridgehead atoms. The molecule has 0 aliphatic heterocycles. The van der Waals surface area contributed by atoms with Crippen molar-refractivity contribution in [2.75, 3.05) is 33.0 Å². The molecule has 21 heteroatoms. The molecule has 0 radical (unpaired) electrons. The smallest absolute Gasteiger partial charge is 0.335 e. The fourth-order valence-corrected chi connectivity index (χ4v) is 7.30. The van der Waals surface area contributed by atoms with Crippen LogP contribution in [-0.4, -0.2) is 123 Å².